The SMILES string of the molecule is COC(=O)C12CC(C(=O)N3CC(F)CC3c3cccc(F)c3)(C1)C2.COC(=O)C12CC(C(=O)O)(C1)C2.Cl.Fc1cccc(C2CC(F)CN2)c1.[2H]CF. The van der Waals surface area contributed by atoms with Gasteiger partial charge in [0.25, 0.3) is 0 Å². The van der Waals surface area contributed by atoms with Crippen molar-refractivity contribution in [2.45, 2.75) is 75.8 Å². The second-order valence-corrected chi connectivity index (χ2v) is 14.7. The van der Waals surface area contributed by atoms with Gasteiger partial charge in [0.2, 0.25) is 5.91 Å². The van der Waals surface area contributed by atoms with E-state index in [9.17, 15) is 41.1 Å². The van der Waals surface area contributed by atoms with Crippen LogP contribution in [0.25, 0.3) is 0 Å². The van der Waals surface area contributed by atoms with Crippen molar-refractivity contribution in [3.8, 4) is 0 Å². The minimum atomic E-state index is -1.11. The van der Waals surface area contributed by atoms with E-state index in [1.165, 1.54) is 38.5 Å². The maximum absolute atomic E-state index is 14.0. The number of esters is 2. The standard InChI is InChI=1S/C18H19F2NO3.C10H11F2N.C8H10O4.CH3F.ClH/c1-24-16(23)18-8-17(9-18,10-18)15(22)21-7-13(20)6-14(21)11-3-2-4-12(19)5-11;11-8-3-1-2-7(4-8)10-5-9(12)6-13-10;1-12-6(11)8-2-7(3-8,4-8)5(9)10;1-2;/h2-5,13-14H,6-10H2,1H3;1-4,9-10,13H,5-6H2;2-4H2,1H3,(H,9,10);1H3;1H/i;;;1D;. The van der Waals surface area contributed by atoms with Gasteiger partial charge in [0, 0.05) is 19.0 Å². The van der Waals surface area contributed by atoms with E-state index in [2.05, 4.69) is 10.1 Å². The van der Waals surface area contributed by atoms with Gasteiger partial charge in [-0.1, -0.05) is 24.3 Å². The lowest BCUT2D eigenvalue weighted by Gasteiger charge is -2.67. The first-order chi connectivity index (χ1) is 24.6. The van der Waals surface area contributed by atoms with Gasteiger partial charge in [0.15, 0.2) is 0 Å². The third kappa shape index (κ3) is 7.37. The average molecular weight is 760 g/mol. The van der Waals surface area contributed by atoms with E-state index in [4.69, 9.17) is 11.2 Å². The van der Waals surface area contributed by atoms with Crippen LogP contribution < -0.4 is 5.32 Å². The van der Waals surface area contributed by atoms with E-state index in [1.54, 1.807) is 23.1 Å². The van der Waals surface area contributed by atoms with Crippen molar-refractivity contribution in [1.29, 1.82) is 0 Å². The van der Waals surface area contributed by atoms with Gasteiger partial charge >= 0.3 is 17.9 Å². The highest BCUT2D eigenvalue weighted by molar-refractivity contribution is 5.94. The Balaban J connectivity index is 0.000000183. The van der Waals surface area contributed by atoms with Crippen LogP contribution in [0.15, 0.2) is 48.5 Å². The van der Waals surface area contributed by atoms with Crippen LogP contribution in [0.2, 0.25) is 0 Å². The zero-order valence-electron chi connectivity index (χ0n) is 29.8. The lowest BCUT2D eigenvalue weighted by molar-refractivity contribution is -0.232. The van der Waals surface area contributed by atoms with Crippen LogP contribution in [0.1, 0.15) is 75.9 Å². The Morgan fingerprint density at radius 2 is 1.29 bits per heavy atom. The van der Waals surface area contributed by atoms with Crippen molar-refractivity contribution < 1.29 is 57.1 Å². The molecule has 0 aromatic heterocycles. The molecule has 2 aromatic carbocycles. The molecule has 9 nitrogen and oxygen atoms in total. The van der Waals surface area contributed by atoms with Gasteiger partial charge in [-0.3, -0.25) is 23.6 Å². The number of hydrogen-bond donors (Lipinski definition) is 2. The molecule has 2 saturated heterocycles. The van der Waals surface area contributed by atoms with Gasteiger partial charge in [-0.05, 0) is 80.3 Å². The number of carbonyl (C=O) groups excluding carboxylic acids is 3. The number of nitrogens with one attached hydrogen (secondary N) is 1. The Bertz CT molecular complexity index is 1650. The first-order valence-corrected chi connectivity index (χ1v) is 16.7. The molecule has 2 aliphatic heterocycles. The summed E-state index contributed by atoms with van der Waals surface area (Å²) in [6, 6.07) is 11.9. The Morgan fingerprint density at radius 3 is 1.73 bits per heavy atom. The van der Waals surface area contributed by atoms with Crippen molar-refractivity contribution in [3.05, 3.63) is 71.3 Å². The summed E-state index contributed by atoms with van der Waals surface area (Å²) >= 11 is 0. The quantitative estimate of drug-likeness (QED) is 0.257. The molecule has 4 atom stereocenters. The summed E-state index contributed by atoms with van der Waals surface area (Å²) in [5.74, 6) is -2.04. The smallest absolute Gasteiger partial charge is 0.311 e. The van der Waals surface area contributed by atoms with Gasteiger partial charge in [-0.15, -0.1) is 12.4 Å². The maximum Gasteiger partial charge on any atom is 0.311 e. The summed E-state index contributed by atoms with van der Waals surface area (Å²) < 4.78 is 78.0. The molecule has 2 N–H and O–H groups in total. The highest BCUT2D eigenvalue weighted by Crippen LogP contribution is 2.75. The molecule has 1 amide bonds. The number of rotatable bonds is 6. The van der Waals surface area contributed by atoms with E-state index in [0.29, 0.717) is 57.1 Å². The minimum Gasteiger partial charge on any atom is -0.481 e. The molecule has 15 heteroatoms. The van der Waals surface area contributed by atoms with Gasteiger partial charge in [-0.2, -0.15) is 0 Å². The van der Waals surface area contributed by atoms with Crippen LogP contribution in [0.5, 0.6) is 0 Å². The van der Waals surface area contributed by atoms with Crippen molar-refractivity contribution in [3.63, 3.8) is 0 Å². The van der Waals surface area contributed by atoms with E-state index < -0.39 is 59.0 Å². The average Bonchev–Trinajstić information content (AvgIpc) is 3.64. The van der Waals surface area contributed by atoms with Gasteiger partial charge in [0.05, 0.1) is 57.0 Å². The number of hydrogen-bond acceptors (Lipinski definition) is 7. The molecule has 286 valence electrons. The molecule has 10 rings (SSSR count). The lowest BCUT2D eigenvalue weighted by atomic mass is 9.34. The fraction of sp³-hybridized carbons (Fsp3) is 0.568. The molecule has 4 unspecified atom stereocenters. The molecule has 0 spiro atoms. The molecular weight excluding hydrogens is 715 g/mol. The largest absolute Gasteiger partial charge is 0.481 e. The maximum atomic E-state index is 14.0. The third-order valence-corrected chi connectivity index (χ3v) is 11.3. The Labute approximate surface area is 306 Å². The van der Waals surface area contributed by atoms with Gasteiger partial charge in [0.1, 0.15) is 24.0 Å². The van der Waals surface area contributed by atoms with E-state index in [1.807, 2.05) is 6.07 Å². The van der Waals surface area contributed by atoms with Crippen molar-refractivity contribution >= 4 is 36.2 Å². The number of amides is 1. The number of methoxy groups -OCH3 is 2. The van der Waals surface area contributed by atoms with E-state index in [-0.39, 0.29) is 55.1 Å². The van der Waals surface area contributed by atoms with E-state index in [0.717, 1.165) is 5.56 Å². The van der Waals surface area contributed by atoms with Crippen LogP contribution in [0.3, 0.4) is 0 Å². The predicted octanol–water partition coefficient (Wildman–Crippen LogP) is 6.40. The van der Waals surface area contributed by atoms with Crippen LogP contribution in [0.4, 0.5) is 22.0 Å². The van der Waals surface area contributed by atoms with Crippen LogP contribution in [-0.2, 0) is 28.7 Å². The predicted molar refractivity (Wildman–Crippen MR) is 180 cm³/mol. The number of aliphatic carboxylic acids is 1. The Hall–Kier alpha value is -3.78. The second kappa shape index (κ2) is 15.7. The Kier molecular flexibility index (Phi) is 11.9. The van der Waals surface area contributed by atoms with Crippen LogP contribution in [0, 0.1) is 33.3 Å². The molecule has 2 aromatic rings. The van der Waals surface area contributed by atoms with Gasteiger partial charge in [-0.25, -0.2) is 17.6 Å². The minimum absolute atomic E-state index is 0. The normalized spacial score (nSPS) is 34.1. The zero-order chi connectivity index (χ0) is 38.1. The third-order valence-electron chi connectivity index (χ3n) is 11.3. The highest BCUT2D eigenvalue weighted by Gasteiger charge is 2.77. The molecule has 6 saturated carbocycles. The number of alkyl halides is 3. The summed E-state index contributed by atoms with van der Waals surface area (Å²) in [5.41, 5.74) is -0.600. The highest BCUT2D eigenvalue weighted by atomic mass is 35.5. The molecular formula is C37H44ClF5N2O7. The zero-order valence-corrected chi connectivity index (χ0v) is 29.7. The first-order valence-electron chi connectivity index (χ1n) is 17.4. The second-order valence-electron chi connectivity index (χ2n) is 14.7. The summed E-state index contributed by atoms with van der Waals surface area (Å²) in [4.78, 5) is 48.0. The number of nitrogens with zero attached hydrogens (tertiary/aromatic N) is 1. The molecule has 6 aliphatic carbocycles. The van der Waals surface area contributed by atoms with Gasteiger partial charge < -0.3 is 24.8 Å². The van der Waals surface area contributed by atoms with Crippen molar-refractivity contribution in [2.75, 3.05) is 34.5 Å². The van der Waals surface area contributed by atoms with Crippen molar-refractivity contribution in [2.24, 2.45) is 21.7 Å². The fourth-order valence-electron chi connectivity index (χ4n) is 8.91. The topological polar surface area (TPSA) is 122 Å². The molecule has 52 heavy (non-hydrogen) atoms. The summed E-state index contributed by atoms with van der Waals surface area (Å²) in [5, 5.41) is 11.8. The fourth-order valence-corrected chi connectivity index (χ4v) is 8.91. The summed E-state index contributed by atoms with van der Waals surface area (Å²) in [6.45, 7) is 0.411. The number of carboxylic acid groups (broad SMARTS) is 1. The number of carbonyl (C=O) groups is 4. The number of carboxylic acids is 1. The molecule has 4 bridgehead atoms. The Morgan fingerprint density at radius 1 is 0.808 bits per heavy atom. The summed E-state index contributed by atoms with van der Waals surface area (Å²) in [7, 11) is 1.70. The molecule has 8 fully saturated rings. The number of halogens is 6. The van der Waals surface area contributed by atoms with Crippen LogP contribution in [-0.4, -0.2) is 80.6 Å². The molecule has 0 radical (unpaired) electrons. The first kappa shape index (κ1) is 39.4. The van der Waals surface area contributed by atoms with E-state index >= 15 is 0 Å². The summed E-state index contributed by atoms with van der Waals surface area (Å²) in [6.07, 6.45) is 1.60. The number of benzene rings is 2. The number of ether oxygens (including phenoxy) is 2. The molecule has 8 aliphatic rings. The number of likely N-dealkylation sites (tertiary alicyclic amines) is 1. The monoisotopic (exact) mass is 759 g/mol. The van der Waals surface area contributed by atoms with Crippen molar-refractivity contribution in [1.82, 2.24) is 10.2 Å². The molecule has 2 heterocycles. The van der Waals surface area contributed by atoms with Crippen LogP contribution >= 0.6 is 12.4 Å². The lowest BCUT2D eigenvalue weighted by Crippen LogP contribution is -2.71.